The summed E-state index contributed by atoms with van der Waals surface area (Å²) in [6.07, 6.45) is 0. The second-order valence-corrected chi connectivity index (χ2v) is 0. The normalized spacial score (nSPS) is 0. The first-order valence-electron chi connectivity index (χ1n) is 0. The summed E-state index contributed by atoms with van der Waals surface area (Å²) in [7, 11) is 0. The zero-order valence-electron chi connectivity index (χ0n) is 2.35. The van der Waals surface area contributed by atoms with Crippen LogP contribution in [0, 0.1) is 46.9 Å². The first-order valence-corrected chi connectivity index (χ1v) is 0. The van der Waals surface area contributed by atoms with Crippen LogP contribution in [-0.2, 0) is 40.5 Å². The molecule has 2 radical (unpaired) electrons. The Hall–Kier alpha value is 1.94. The summed E-state index contributed by atoms with van der Waals surface area (Å²) >= 11 is 0. The van der Waals surface area contributed by atoms with Gasteiger partial charge in [-0.3, -0.25) is 0 Å². The Bertz CT molecular complexity index is 7.51. The molecule has 4 nitrogen and oxygen atoms in total. The largest absolute Gasteiger partial charge is 3.00 e. The van der Waals surface area contributed by atoms with Crippen LogP contribution in [0.1, 0.15) is 0 Å². The molecule has 6 heteroatoms. The van der Waals surface area contributed by atoms with Gasteiger partial charge in [-0.25, -0.2) is 0 Å². The molecule has 0 aromatic carbocycles. The van der Waals surface area contributed by atoms with Crippen molar-refractivity contribution in [3.8, 4) is 0 Å². The molecule has 0 aliphatic heterocycles. The zero-order chi connectivity index (χ0) is 0. The molecule has 0 rings (SSSR count). The molecule has 0 aromatic heterocycles. The Labute approximate surface area is 86.0 Å². The van der Waals surface area contributed by atoms with Gasteiger partial charge in [-0.15, -0.1) is 0 Å². The smallest absolute Gasteiger partial charge is 2.00 e. The molecule has 0 unspecified atom stereocenters. The molecular formula is O4VYb-5. The van der Waals surface area contributed by atoms with E-state index >= 15 is 0 Å². The molecule has 0 aromatic rings. The molecular weight excluding hydrogens is 288 g/mol. The van der Waals surface area contributed by atoms with Crippen LogP contribution in [0.4, 0.5) is 0 Å². The Morgan fingerprint density at radius 1 is 0.500 bits per heavy atom. The molecule has 0 saturated heterocycles. The van der Waals surface area contributed by atoms with Crippen molar-refractivity contribution in [3.05, 3.63) is 0 Å². The van der Waals surface area contributed by atoms with E-state index in [9.17, 15) is 0 Å². The van der Waals surface area contributed by atoms with Crippen LogP contribution in [0.25, 0.3) is 0 Å². The average Bonchev–Trinajstić information content (AvgIpc) is 0. The fraction of sp³-hybridized carbons (Fsp3) is 0. The average molecular weight is 288 g/mol. The minimum atomic E-state index is 0. The Morgan fingerprint density at radius 2 is 0.500 bits per heavy atom. The quantitative estimate of drug-likeness (QED) is 0.573. The molecule has 0 amide bonds. The van der Waals surface area contributed by atoms with E-state index in [2.05, 4.69) is 0 Å². The van der Waals surface area contributed by atoms with E-state index in [1.54, 1.807) is 0 Å². The van der Waals surface area contributed by atoms with E-state index < -0.39 is 0 Å². The van der Waals surface area contributed by atoms with Crippen LogP contribution in [0.3, 0.4) is 0 Å². The van der Waals surface area contributed by atoms with Crippen LogP contribution in [0.15, 0.2) is 0 Å². The van der Waals surface area contributed by atoms with Gasteiger partial charge in [-0.05, 0) is 0 Å². The molecule has 0 fully saturated rings. The third-order valence-corrected chi connectivity index (χ3v) is 0. The van der Waals surface area contributed by atoms with Crippen LogP contribution >= 0.6 is 0 Å². The fourth-order valence-electron chi connectivity index (χ4n) is 0. The van der Waals surface area contributed by atoms with E-state index in [-0.39, 0.29) is 87.4 Å². The molecule has 0 N–H and O–H groups in total. The standard InChI is InChI=1S/4O.V.Yb/q4*-2;;+3. The SMILES string of the molecule is [O-2].[O-2].[O-2].[O-2].[V].[Yb+3]. The molecule has 6 heavy (non-hydrogen) atoms. The van der Waals surface area contributed by atoms with E-state index in [1.807, 2.05) is 0 Å². The predicted molar refractivity (Wildman–Crippen MR) is 2.75 cm³/mol. The van der Waals surface area contributed by atoms with Crippen LogP contribution < -0.4 is 0 Å². The van der Waals surface area contributed by atoms with Gasteiger partial charge in [0, 0.05) is 18.6 Å². The molecule has 0 atom stereocenters. The number of hydrogen-bond acceptors (Lipinski definition) is 0. The van der Waals surface area contributed by atoms with Crippen molar-refractivity contribution in [2.45, 2.75) is 0 Å². The van der Waals surface area contributed by atoms with Gasteiger partial charge in [-0.1, -0.05) is 0 Å². The second-order valence-electron chi connectivity index (χ2n) is 0. The molecule has 0 aliphatic rings. The third-order valence-electron chi connectivity index (χ3n) is 0. The third kappa shape index (κ3) is 38.4. The van der Waals surface area contributed by atoms with Gasteiger partial charge in [0.1, 0.15) is 0 Å². The van der Waals surface area contributed by atoms with E-state index in [4.69, 9.17) is 0 Å². The molecule has 0 saturated carbocycles. The van der Waals surface area contributed by atoms with Crippen molar-refractivity contribution in [1.29, 1.82) is 0 Å². The first kappa shape index (κ1) is 101. The monoisotopic (exact) mass is 289 g/mol. The fourth-order valence-corrected chi connectivity index (χ4v) is 0. The molecule has 48 valence electrons. The maximum Gasteiger partial charge on any atom is 3.00 e. The van der Waals surface area contributed by atoms with E-state index in [1.165, 1.54) is 0 Å². The van der Waals surface area contributed by atoms with Crippen molar-refractivity contribution in [1.82, 2.24) is 0 Å². The van der Waals surface area contributed by atoms with Crippen molar-refractivity contribution in [2.75, 3.05) is 0 Å². The maximum absolute atomic E-state index is 0. The molecule has 0 heterocycles. The Balaban J connectivity index is 0. The summed E-state index contributed by atoms with van der Waals surface area (Å²) in [4.78, 5) is 0. The Kier molecular flexibility index (Phi) is 1100. The van der Waals surface area contributed by atoms with Gasteiger partial charge in [-0.2, -0.15) is 0 Å². The van der Waals surface area contributed by atoms with Crippen LogP contribution in [0.2, 0.25) is 0 Å². The number of rotatable bonds is 0. The maximum atomic E-state index is 0. The van der Waals surface area contributed by atoms with Gasteiger partial charge >= 0.3 is 46.9 Å². The zero-order valence-corrected chi connectivity index (χ0v) is 5.46. The summed E-state index contributed by atoms with van der Waals surface area (Å²) in [5.41, 5.74) is 0. The van der Waals surface area contributed by atoms with E-state index in [0.717, 1.165) is 0 Å². The van der Waals surface area contributed by atoms with E-state index in [0.29, 0.717) is 0 Å². The van der Waals surface area contributed by atoms with Crippen molar-refractivity contribution in [3.63, 3.8) is 0 Å². The van der Waals surface area contributed by atoms with Gasteiger partial charge in [0.15, 0.2) is 0 Å². The molecule has 0 spiro atoms. The summed E-state index contributed by atoms with van der Waals surface area (Å²) in [6, 6.07) is 0. The van der Waals surface area contributed by atoms with Crippen molar-refractivity contribution < 1.29 is 87.4 Å². The van der Waals surface area contributed by atoms with Crippen LogP contribution in [0.5, 0.6) is 0 Å². The minimum absolute atomic E-state index is 0. The number of hydrogen-bond donors (Lipinski definition) is 0. The summed E-state index contributed by atoms with van der Waals surface area (Å²) in [5.74, 6) is 0. The topological polar surface area (TPSA) is 114 Å². The molecule has 0 aliphatic carbocycles. The summed E-state index contributed by atoms with van der Waals surface area (Å²) < 4.78 is 0. The molecule has 0 bridgehead atoms. The van der Waals surface area contributed by atoms with Crippen LogP contribution in [-0.4, -0.2) is 0 Å². The minimum Gasteiger partial charge on any atom is -2.00 e. The predicted octanol–water partition coefficient (Wildman–Crippen LogP) is -0.478. The first-order chi connectivity index (χ1) is 0. The van der Waals surface area contributed by atoms with Gasteiger partial charge in [0.25, 0.3) is 0 Å². The summed E-state index contributed by atoms with van der Waals surface area (Å²) in [6.45, 7) is 0. The van der Waals surface area contributed by atoms with Gasteiger partial charge < -0.3 is 21.9 Å². The van der Waals surface area contributed by atoms with Gasteiger partial charge in [0.2, 0.25) is 0 Å². The Morgan fingerprint density at radius 3 is 0.500 bits per heavy atom. The van der Waals surface area contributed by atoms with Gasteiger partial charge in [0.05, 0.1) is 0 Å². The van der Waals surface area contributed by atoms with Crippen molar-refractivity contribution >= 4 is 0 Å². The second kappa shape index (κ2) is 64.9. The summed E-state index contributed by atoms with van der Waals surface area (Å²) in [5, 5.41) is 0. The van der Waals surface area contributed by atoms with Crippen molar-refractivity contribution in [2.24, 2.45) is 0 Å².